The summed E-state index contributed by atoms with van der Waals surface area (Å²) in [6, 6.07) is 0. The molecule has 0 aromatic carbocycles. The molecule has 0 fully saturated rings. The van der Waals surface area contributed by atoms with Crippen LogP contribution < -0.4 is 5.48 Å². The Labute approximate surface area is 122 Å². The molecular weight excluding hydrogens is 353 g/mol. The van der Waals surface area contributed by atoms with Crippen molar-refractivity contribution in [2.45, 2.75) is 26.4 Å². The van der Waals surface area contributed by atoms with Gasteiger partial charge in [-0.25, -0.2) is 4.79 Å². The van der Waals surface area contributed by atoms with Gasteiger partial charge in [0.25, 0.3) is 0 Å². The standard InChI is InChI=1S/C11H22INO5/c1-11(2,3)18-10(14)13-17-9-8-16-7-6-15-5-4-12/h4-9H2,1-3H3,(H,13,14). The van der Waals surface area contributed by atoms with Gasteiger partial charge in [0.2, 0.25) is 0 Å². The lowest BCUT2D eigenvalue weighted by Crippen LogP contribution is -2.33. The third-order valence-electron chi connectivity index (χ3n) is 1.48. The highest BCUT2D eigenvalue weighted by Crippen LogP contribution is 2.06. The maximum atomic E-state index is 11.1. The monoisotopic (exact) mass is 375 g/mol. The third kappa shape index (κ3) is 13.9. The van der Waals surface area contributed by atoms with Gasteiger partial charge in [-0.1, -0.05) is 22.6 Å². The molecule has 0 atom stereocenters. The molecule has 0 aliphatic carbocycles. The van der Waals surface area contributed by atoms with E-state index < -0.39 is 11.7 Å². The minimum atomic E-state index is -0.604. The number of hydrogen-bond acceptors (Lipinski definition) is 5. The molecule has 0 radical (unpaired) electrons. The van der Waals surface area contributed by atoms with Crippen LogP contribution in [-0.4, -0.2) is 49.2 Å². The number of carbonyl (C=O) groups excluding carboxylic acids is 1. The van der Waals surface area contributed by atoms with Crippen LogP contribution in [0.5, 0.6) is 0 Å². The Bertz CT molecular complexity index is 220. The normalized spacial score (nSPS) is 11.3. The van der Waals surface area contributed by atoms with E-state index in [1.54, 1.807) is 20.8 Å². The van der Waals surface area contributed by atoms with Gasteiger partial charge in [0, 0.05) is 4.43 Å². The highest BCUT2D eigenvalue weighted by molar-refractivity contribution is 14.1. The second-order valence-electron chi connectivity index (χ2n) is 4.37. The van der Waals surface area contributed by atoms with Crippen molar-refractivity contribution in [1.82, 2.24) is 5.48 Å². The Morgan fingerprint density at radius 3 is 2.17 bits per heavy atom. The number of carbonyl (C=O) groups is 1. The number of hydroxylamine groups is 1. The summed E-state index contributed by atoms with van der Waals surface area (Å²) in [5.74, 6) is 0. The van der Waals surface area contributed by atoms with Crippen LogP contribution in [0.4, 0.5) is 4.79 Å². The predicted molar refractivity (Wildman–Crippen MR) is 75.8 cm³/mol. The molecule has 0 saturated heterocycles. The molecule has 7 heteroatoms. The summed E-state index contributed by atoms with van der Waals surface area (Å²) in [6.07, 6.45) is -0.604. The molecule has 0 bridgehead atoms. The quantitative estimate of drug-likeness (QED) is 0.289. The molecule has 108 valence electrons. The number of nitrogens with one attached hydrogen (secondary N) is 1. The van der Waals surface area contributed by atoms with E-state index in [9.17, 15) is 4.79 Å². The molecule has 0 rings (SSSR count). The first-order valence-electron chi connectivity index (χ1n) is 5.78. The van der Waals surface area contributed by atoms with Crippen LogP contribution in [0.1, 0.15) is 20.8 Å². The lowest BCUT2D eigenvalue weighted by molar-refractivity contribution is -0.0321. The first kappa shape index (κ1) is 17.9. The first-order valence-corrected chi connectivity index (χ1v) is 7.30. The van der Waals surface area contributed by atoms with Gasteiger partial charge in [0.05, 0.1) is 33.0 Å². The van der Waals surface area contributed by atoms with E-state index in [0.29, 0.717) is 19.8 Å². The first-order chi connectivity index (χ1) is 8.45. The van der Waals surface area contributed by atoms with Crippen LogP contribution >= 0.6 is 22.6 Å². The van der Waals surface area contributed by atoms with E-state index in [-0.39, 0.29) is 6.61 Å². The molecule has 0 aliphatic heterocycles. The predicted octanol–water partition coefficient (Wildman–Crippen LogP) is 1.91. The lowest BCUT2D eigenvalue weighted by atomic mass is 10.2. The number of hydrogen-bond donors (Lipinski definition) is 1. The van der Waals surface area contributed by atoms with Crippen LogP contribution in [0.25, 0.3) is 0 Å². The van der Waals surface area contributed by atoms with Crippen molar-refractivity contribution in [2.24, 2.45) is 0 Å². The van der Waals surface area contributed by atoms with Gasteiger partial charge >= 0.3 is 6.09 Å². The highest BCUT2D eigenvalue weighted by Gasteiger charge is 2.15. The summed E-state index contributed by atoms with van der Waals surface area (Å²) >= 11 is 2.24. The van der Waals surface area contributed by atoms with Crippen LogP contribution in [0, 0.1) is 0 Å². The zero-order valence-corrected chi connectivity index (χ0v) is 13.3. The zero-order valence-electron chi connectivity index (χ0n) is 11.2. The summed E-state index contributed by atoms with van der Waals surface area (Å²) in [6.45, 7) is 7.84. The fraction of sp³-hybridized carbons (Fsp3) is 0.909. The average molecular weight is 375 g/mol. The average Bonchev–Trinajstić information content (AvgIpc) is 2.24. The Kier molecular flexibility index (Phi) is 10.7. The fourth-order valence-corrected chi connectivity index (χ4v) is 1.20. The van der Waals surface area contributed by atoms with Crippen molar-refractivity contribution < 1.29 is 23.8 Å². The van der Waals surface area contributed by atoms with Crippen LogP contribution in [0.2, 0.25) is 0 Å². The van der Waals surface area contributed by atoms with Crippen molar-refractivity contribution in [2.75, 3.05) is 37.5 Å². The summed E-state index contributed by atoms with van der Waals surface area (Å²) in [5.41, 5.74) is 1.65. The summed E-state index contributed by atoms with van der Waals surface area (Å²) in [7, 11) is 0. The second kappa shape index (κ2) is 10.8. The van der Waals surface area contributed by atoms with Crippen molar-refractivity contribution in [3.63, 3.8) is 0 Å². The molecule has 0 aliphatic rings. The van der Waals surface area contributed by atoms with Gasteiger partial charge < -0.3 is 14.2 Å². The Balaban J connectivity index is 3.23. The van der Waals surface area contributed by atoms with E-state index in [1.165, 1.54) is 0 Å². The smallest absolute Gasteiger partial charge is 0.431 e. The molecule has 0 spiro atoms. The molecule has 6 nitrogen and oxygen atoms in total. The molecule has 1 amide bonds. The summed E-state index contributed by atoms with van der Waals surface area (Å²) in [4.78, 5) is 16.0. The minimum absolute atomic E-state index is 0.269. The maximum Gasteiger partial charge on any atom is 0.431 e. The van der Waals surface area contributed by atoms with Crippen molar-refractivity contribution >= 4 is 28.7 Å². The molecular formula is C11H22INO5. The minimum Gasteiger partial charge on any atom is -0.442 e. The van der Waals surface area contributed by atoms with Crippen molar-refractivity contribution in [1.29, 1.82) is 0 Å². The number of rotatable bonds is 9. The maximum absolute atomic E-state index is 11.1. The van der Waals surface area contributed by atoms with E-state index in [1.807, 2.05) is 0 Å². The van der Waals surface area contributed by atoms with E-state index >= 15 is 0 Å². The largest absolute Gasteiger partial charge is 0.442 e. The lowest BCUT2D eigenvalue weighted by Gasteiger charge is -2.19. The third-order valence-corrected chi connectivity index (χ3v) is 1.92. The molecule has 0 saturated carbocycles. The van der Waals surface area contributed by atoms with Crippen molar-refractivity contribution in [3.8, 4) is 0 Å². The van der Waals surface area contributed by atoms with E-state index in [0.717, 1.165) is 11.0 Å². The van der Waals surface area contributed by atoms with Crippen LogP contribution in [0.3, 0.4) is 0 Å². The molecule has 18 heavy (non-hydrogen) atoms. The van der Waals surface area contributed by atoms with Gasteiger partial charge in [-0.3, -0.25) is 4.84 Å². The van der Waals surface area contributed by atoms with Gasteiger partial charge in [-0.2, -0.15) is 5.48 Å². The SMILES string of the molecule is CC(C)(C)OC(=O)NOCCOCCOCCI. The Morgan fingerprint density at radius 1 is 1.06 bits per heavy atom. The molecule has 0 unspecified atom stereocenters. The van der Waals surface area contributed by atoms with Gasteiger partial charge in [-0.05, 0) is 20.8 Å². The molecule has 0 aromatic rings. The summed E-state index contributed by atoms with van der Waals surface area (Å²) < 4.78 is 16.4. The molecule has 0 heterocycles. The Morgan fingerprint density at radius 2 is 1.61 bits per heavy atom. The topological polar surface area (TPSA) is 66.0 Å². The van der Waals surface area contributed by atoms with Gasteiger partial charge in [0.15, 0.2) is 0 Å². The highest BCUT2D eigenvalue weighted by atomic mass is 127. The number of amides is 1. The zero-order chi connectivity index (χ0) is 13.9. The number of alkyl halides is 1. The van der Waals surface area contributed by atoms with E-state index in [2.05, 4.69) is 28.1 Å². The van der Waals surface area contributed by atoms with E-state index in [4.69, 9.17) is 19.0 Å². The Hall–Kier alpha value is -0.120. The number of ether oxygens (including phenoxy) is 3. The van der Waals surface area contributed by atoms with Gasteiger partial charge in [0.1, 0.15) is 5.60 Å². The van der Waals surface area contributed by atoms with Crippen LogP contribution in [0.15, 0.2) is 0 Å². The number of halogens is 1. The molecule has 1 N–H and O–H groups in total. The second-order valence-corrected chi connectivity index (χ2v) is 5.44. The van der Waals surface area contributed by atoms with Gasteiger partial charge in [-0.15, -0.1) is 0 Å². The summed E-state index contributed by atoms with van der Waals surface area (Å²) in [5, 5.41) is 0. The van der Waals surface area contributed by atoms with Crippen molar-refractivity contribution in [3.05, 3.63) is 0 Å². The molecule has 0 aromatic heterocycles. The fourth-order valence-electron chi connectivity index (χ4n) is 0.886. The van der Waals surface area contributed by atoms with Crippen LogP contribution in [-0.2, 0) is 19.0 Å².